The van der Waals surface area contributed by atoms with Gasteiger partial charge in [0, 0.05) is 6.08 Å². The molecule has 0 amide bonds. The molecule has 0 spiro atoms. The van der Waals surface area contributed by atoms with Crippen LogP contribution in [0.5, 0.6) is 0 Å². The molecule has 0 aliphatic rings. The summed E-state index contributed by atoms with van der Waals surface area (Å²) >= 11 is 0. The second-order valence-electron chi connectivity index (χ2n) is 2.09. The number of hydrogen-bond donors (Lipinski definition) is 3. The smallest absolute Gasteiger partial charge is 0.378 e. The van der Waals surface area contributed by atoms with Crippen molar-refractivity contribution in [1.82, 2.24) is 0 Å². The number of alkyl halides is 3. The molecule has 12 heavy (non-hydrogen) atoms. The lowest BCUT2D eigenvalue weighted by molar-refractivity contribution is -0.556. The second-order valence-corrected chi connectivity index (χ2v) is 2.09. The third-order valence-electron chi connectivity index (χ3n) is 1.07. The van der Waals surface area contributed by atoms with Crippen molar-refractivity contribution in [2.75, 3.05) is 7.05 Å². The molecule has 3 nitrogen and oxygen atoms in total. The van der Waals surface area contributed by atoms with Crippen LogP contribution in [0.4, 0.5) is 13.2 Å². The summed E-state index contributed by atoms with van der Waals surface area (Å²) in [5.41, 5.74) is -0.861. The van der Waals surface area contributed by atoms with Gasteiger partial charge in [-0.1, -0.05) is 0 Å². The van der Waals surface area contributed by atoms with E-state index in [1.807, 2.05) is 0 Å². The molecule has 0 rings (SSSR count). The van der Waals surface area contributed by atoms with E-state index in [4.69, 9.17) is 10.5 Å². The Balaban J connectivity index is 4.21. The van der Waals surface area contributed by atoms with Crippen molar-refractivity contribution in [2.24, 2.45) is 0 Å². The van der Waals surface area contributed by atoms with E-state index >= 15 is 0 Å². The number of aliphatic hydroxyl groups excluding tert-OH is 1. The fraction of sp³-hybridized carbons (Fsp3) is 0.500. The lowest BCUT2D eigenvalue weighted by Crippen LogP contribution is -2.72. The summed E-state index contributed by atoms with van der Waals surface area (Å²) in [6, 6.07) is 0. The molecular formula is C6H10F3N2O+. The largest absolute Gasteiger partial charge is 0.420 e. The molecule has 0 fully saturated rings. The first-order valence-corrected chi connectivity index (χ1v) is 3.19. The third kappa shape index (κ3) is 3.49. The fourth-order valence-corrected chi connectivity index (χ4v) is 0.467. The number of nitrogens with two attached hydrogens (primary N) is 1. The Kier molecular flexibility index (Phi) is 3.91. The van der Waals surface area contributed by atoms with E-state index in [-0.39, 0.29) is 0 Å². The van der Waals surface area contributed by atoms with Crippen molar-refractivity contribution in [2.45, 2.75) is 12.3 Å². The highest BCUT2D eigenvalue weighted by Crippen LogP contribution is 2.20. The Bertz CT molecular complexity index is 188. The van der Waals surface area contributed by atoms with Gasteiger partial charge in [0.05, 0.1) is 19.0 Å². The van der Waals surface area contributed by atoms with Crippen molar-refractivity contribution in [3.63, 3.8) is 0 Å². The van der Waals surface area contributed by atoms with Gasteiger partial charge in [-0.05, 0) is 0 Å². The van der Waals surface area contributed by atoms with Crippen LogP contribution in [0.15, 0.2) is 12.3 Å². The minimum Gasteiger partial charge on any atom is -0.378 e. The second kappa shape index (κ2) is 4.22. The molecule has 0 saturated heterocycles. The van der Waals surface area contributed by atoms with E-state index in [0.717, 1.165) is 6.08 Å². The van der Waals surface area contributed by atoms with Crippen LogP contribution in [-0.4, -0.2) is 30.1 Å². The summed E-state index contributed by atoms with van der Waals surface area (Å²) in [5.74, 6) is 0. The van der Waals surface area contributed by atoms with Crippen molar-refractivity contribution in [3.8, 4) is 0 Å². The average molecular weight is 183 g/mol. The van der Waals surface area contributed by atoms with E-state index < -0.39 is 18.0 Å². The summed E-state index contributed by atoms with van der Waals surface area (Å²) in [7, 11) is 1.60. The molecule has 0 bridgehead atoms. The molecule has 1 atom stereocenters. The molecular weight excluding hydrogens is 173 g/mol. The predicted molar refractivity (Wildman–Crippen MR) is 36.8 cm³/mol. The van der Waals surface area contributed by atoms with Gasteiger partial charge in [0.15, 0.2) is 6.10 Å². The third-order valence-corrected chi connectivity index (χ3v) is 1.07. The minimum atomic E-state index is -4.75. The first kappa shape index (κ1) is 11.1. The van der Waals surface area contributed by atoms with E-state index in [9.17, 15) is 13.2 Å². The van der Waals surface area contributed by atoms with E-state index in [1.165, 1.54) is 11.5 Å². The number of rotatable bonds is 3. The van der Waals surface area contributed by atoms with Gasteiger partial charge >= 0.3 is 6.18 Å². The zero-order chi connectivity index (χ0) is 9.78. The molecule has 0 aromatic carbocycles. The standard InChI is InChI=1S/C6H9F3N2O/c1-11-3-2-4(10)5(12)6(7,8)9/h2-3,5,10-12H,1H3/p+1. The van der Waals surface area contributed by atoms with Gasteiger partial charge in [-0.2, -0.15) is 13.2 Å². The number of halogens is 3. The Morgan fingerprint density at radius 3 is 2.42 bits per heavy atom. The van der Waals surface area contributed by atoms with Crippen LogP contribution in [0.3, 0.4) is 0 Å². The van der Waals surface area contributed by atoms with Gasteiger partial charge < -0.3 is 15.8 Å². The highest BCUT2D eigenvalue weighted by Gasteiger charge is 2.40. The molecule has 0 radical (unpaired) electrons. The first-order chi connectivity index (χ1) is 5.39. The summed E-state index contributed by atoms with van der Waals surface area (Å²) in [6.45, 7) is 0. The Morgan fingerprint density at radius 2 is 2.08 bits per heavy atom. The number of aliphatic hydroxyl groups is 1. The molecule has 6 heteroatoms. The summed E-state index contributed by atoms with van der Waals surface area (Å²) in [4.78, 5) is 0. The van der Waals surface area contributed by atoms with Gasteiger partial charge in [-0.25, -0.2) is 0 Å². The predicted octanol–water partition coefficient (Wildman–Crippen LogP) is -0.364. The Labute approximate surface area is 67.4 Å². The summed E-state index contributed by atoms with van der Waals surface area (Å²) < 4.78 is 35.1. The van der Waals surface area contributed by atoms with Crippen molar-refractivity contribution < 1.29 is 23.6 Å². The maximum Gasteiger partial charge on any atom is 0.420 e. The van der Waals surface area contributed by atoms with Crippen LogP contribution in [0.2, 0.25) is 0 Å². The molecule has 1 unspecified atom stereocenters. The van der Waals surface area contributed by atoms with Crippen LogP contribution in [0.25, 0.3) is 0 Å². The lowest BCUT2D eigenvalue weighted by atomic mass is 10.2. The van der Waals surface area contributed by atoms with Crippen LogP contribution >= 0.6 is 0 Å². The van der Waals surface area contributed by atoms with Gasteiger partial charge in [-0.3, -0.25) is 0 Å². The maximum absolute atomic E-state index is 11.7. The lowest BCUT2D eigenvalue weighted by Gasteiger charge is -2.12. The summed E-state index contributed by atoms with van der Waals surface area (Å²) in [5, 5.41) is 16.7. The zero-order valence-corrected chi connectivity index (χ0v) is 6.39. The highest BCUT2D eigenvalue weighted by molar-refractivity contribution is 5.96. The first-order valence-electron chi connectivity index (χ1n) is 3.19. The van der Waals surface area contributed by atoms with Gasteiger partial charge in [0.1, 0.15) is 0 Å². The number of quaternary nitrogens is 1. The molecule has 0 aliphatic heterocycles. The molecule has 0 heterocycles. The summed E-state index contributed by atoms with van der Waals surface area (Å²) in [6.07, 6.45) is -5.28. The van der Waals surface area contributed by atoms with E-state index in [2.05, 4.69) is 0 Å². The molecule has 0 aromatic rings. The maximum atomic E-state index is 11.7. The SMILES string of the molecule is C[NH2+]C=CC(=N)C(O)C(F)(F)F. The molecule has 0 saturated carbocycles. The molecule has 4 N–H and O–H groups in total. The number of nitrogens with one attached hydrogen (secondary N) is 1. The Morgan fingerprint density at radius 1 is 1.58 bits per heavy atom. The minimum absolute atomic E-state index is 0.861. The van der Waals surface area contributed by atoms with Crippen molar-refractivity contribution in [1.29, 1.82) is 5.41 Å². The molecule has 0 aromatic heterocycles. The van der Waals surface area contributed by atoms with Crippen LogP contribution < -0.4 is 5.32 Å². The normalized spacial score (nSPS) is 15.1. The highest BCUT2D eigenvalue weighted by atomic mass is 19.4. The van der Waals surface area contributed by atoms with E-state index in [1.54, 1.807) is 7.05 Å². The number of hydrogen-bond acceptors (Lipinski definition) is 2. The van der Waals surface area contributed by atoms with Crippen LogP contribution in [0, 0.1) is 5.41 Å². The average Bonchev–Trinajstić information content (AvgIpc) is 1.97. The van der Waals surface area contributed by atoms with Gasteiger partial charge in [0.25, 0.3) is 0 Å². The van der Waals surface area contributed by atoms with Crippen LogP contribution in [-0.2, 0) is 0 Å². The molecule has 0 aliphatic carbocycles. The monoisotopic (exact) mass is 183 g/mol. The zero-order valence-electron chi connectivity index (χ0n) is 6.39. The molecule has 70 valence electrons. The van der Waals surface area contributed by atoms with E-state index in [0.29, 0.717) is 0 Å². The topological polar surface area (TPSA) is 60.7 Å². The fourth-order valence-electron chi connectivity index (χ4n) is 0.467. The van der Waals surface area contributed by atoms with Crippen LogP contribution in [0.1, 0.15) is 0 Å². The van der Waals surface area contributed by atoms with Crippen molar-refractivity contribution in [3.05, 3.63) is 12.3 Å². The van der Waals surface area contributed by atoms with Gasteiger partial charge in [-0.15, -0.1) is 0 Å². The Hall–Kier alpha value is -0.880. The van der Waals surface area contributed by atoms with Gasteiger partial charge in [0.2, 0.25) is 0 Å². The van der Waals surface area contributed by atoms with Crippen molar-refractivity contribution >= 4 is 5.71 Å². The quantitative estimate of drug-likeness (QED) is 0.514.